The lowest BCUT2D eigenvalue weighted by molar-refractivity contribution is 0.414. The Kier molecular flexibility index (Phi) is 2.55. The van der Waals surface area contributed by atoms with Gasteiger partial charge < -0.3 is 10.5 Å². The highest BCUT2D eigenvalue weighted by Gasteiger charge is 1.89. The molecule has 2 nitrogen and oxygen atoms in total. The summed E-state index contributed by atoms with van der Waals surface area (Å²) in [6.45, 7) is 0. The third-order valence-corrected chi connectivity index (χ3v) is 1.38. The second-order valence-electron chi connectivity index (χ2n) is 2.14. The van der Waals surface area contributed by atoms with E-state index in [9.17, 15) is 0 Å². The van der Waals surface area contributed by atoms with Crippen LogP contribution in [0.25, 0.3) is 6.08 Å². The number of benzene rings is 1. The van der Waals surface area contributed by atoms with E-state index in [1.807, 2.05) is 30.3 Å². The van der Waals surface area contributed by atoms with Gasteiger partial charge in [0.05, 0.1) is 7.11 Å². The number of rotatable bonds is 2. The zero-order chi connectivity index (χ0) is 8.10. The largest absolute Gasteiger partial charge is 0.497 e. The van der Waals surface area contributed by atoms with Gasteiger partial charge in [0.1, 0.15) is 5.75 Å². The molecule has 2 N–H and O–H groups in total. The molecular formula is C9H11NO. The lowest BCUT2D eigenvalue weighted by Gasteiger charge is -1.98. The number of ether oxygens (including phenoxy) is 1. The molecule has 0 aliphatic rings. The third kappa shape index (κ3) is 2.00. The van der Waals surface area contributed by atoms with Crippen LogP contribution < -0.4 is 10.5 Å². The van der Waals surface area contributed by atoms with E-state index in [0.29, 0.717) is 0 Å². The molecule has 1 aromatic rings. The summed E-state index contributed by atoms with van der Waals surface area (Å²) >= 11 is 0. The summed E-state index contributed by atoms with van der Waals surface area (Å²) in [6.07, 6.45) is 3.33. The standard InChI is InChI=1S/C9H11NO/c1-11-9-4-2-3-8(7-9)5-6-10/h2-7H,10H2,1H3. The molecule has 0 unspecified atom stereocenters. The van der Waals surface area contributed by atoms with Gasteiger partial charge in [-0.2, -0.15) is 0 Å². The summed E-state index contributed by atoms with van der Waals surface area (Å²) in [5.74, 6) is 0.848. The molecule has 0 aromatic heterocycles. The molecule has 0 radical (unpaired) electrons. The predicted octanol–water partition coefficient (Wildman–Crippen LogP) is 1.62. The first-order valence-electron chi connectivity index (χ1n) is 3.39. The van der Waals surface area contributed by atoms with Crippen LogP contribution in [0.15, 0.2) is 30.5 Å². The van der Waals surface area contributed by atoms with Crippen molar-refractivity contribution in [3.63, 3.8) is 0 Å². The van der Waals surface area contributed by atoms with Crippen LogP contribution in [0.4, 0.5) is 0 Å². The highest BCUT2D eigenvalue weighted by atomic mass is 16.5. The van der Waals surface area contributed by atoms with Gasteiger partial charge in [0.15, 0.2) is 0 Å². The van der Waals surface area contributed by atoms with Crippen molar-refractivity contribution >= 4 is 6.08 Å². The van der Waals surface area contributed by atoms with Gasteiger partial charge in [-0.15, -0.1) is 0 Å². The van der Waals surface area contributed by atoms with Crippen molar-refractivity contribution in [3.8, 4) is 5.75 Å². The van der Waals surface area contributed by atoms with Crippen molar-refractivity contribution in [2.45, 2.75) is 0 Å². The van der Waals surface area contributed by atoms with Crippen LogP contribution in [-0.4, -0.2) is 7.11 Å². The van der Waals surface area contributed by atoms with Gasteiger partial charge in [0.25, 0.3) is 0 Å². The van der Waals surface area contributed by atoms with Crippen molar-refractivity contribution in [3.05, 3.63) is 36.0 Å². The van der Waals surface area contributed by atoms with Gasteiger partial charge in [0, 0.05) is 0 Å². The second kappa shape index (κ2) is 3.66. The molecule has 0 spiro atoms. The molecule has 1 aromatic carbocycles. The Morgan fingerprint density at radius 1 is 1.45 bits per heavy atom. The molecule has 0 fully saturated rings. The van der Waals surface area contributed by atoms with Crippen LogP contribution in [0.5, 0.6) is 5.75 Å². The maximum Gasteiger partial charge on any atom is 0.119 e. The zero-order valence-corrected chi connectivity index (χ0v) is 6.45. The number of hydrogen-bond donors (Lipinski definition) is 1. The van der Waals surface area contributed by atoms with Crippen LogP contribution in [0.2, 0.25) is 0 Å². The molecule has 0 aliphatic carbocycles. The number of methoxy groups -OCH3 is 1. The van der Waals surface area contributed by atoms with Crippen molar-refractivity contribution in [1.82, 2.24) is 0 Å². The summed E-state index contributed by atoms with van der Waals surface area (Å²) in [7, 11) is 1.64. The van der Waals surface area contributed by atoms with Crippen molar-refractivity contribution in [1.29, 1.82) is 0 Å². The van der Waals surface area contributed by atoms with E-state index >= 15 is 0 Å². The Bertz CT molecular complexity index is 255. The molecule has 0 aliphatic heterocycles. The summed E-state index contributed by atoms with van der Waals surface area (Å²) in [6, 6.07) is 7.71. The van der Waals surface area contributed by atoms with E-state index in [-0.39, 0.29) is 0 Å². The average molecular weight is 149 g/mol. The van der Waals surface area contributed by atoms with Crippen molar-refractivity contribution < 1.29 is 4.74 Å². The molecule has 0 bridgehead atoms. The Labute approximate surface area is 66.3 Å². The fourth-order valence-electron chi connectivity index (χ4n) is 0.856. The van der Waals surface area contributed by atoms with E-state index in [0.717, 1.165) is 11.3 Å². The monoisotopic (exact) mass is 149 g/mol. The predicted molar refractivity (Wildman–Crippen MR) is 46.2 cm³/mol. The molecule has 0 heterocycles. The number of hydrogen-bond acceptors (Lipinski definition) is 2. The van der Waals surface area contributed by atoms with Crippen LogP contribution in [0.3, 0.4) is 0 Å². The molecule has 0 saturated carbocycles. The van der Waals surface area contributed by atoms with Gasteiger partial charge in [-0.3, -0.25) is 0 Å². The minimum Gasteiger partial charge on any atom is -0.497 e. The molecule has 11 heavy (non-hydrogen) atoms. The van der Waals surface area contributed by atoms with Crippen LogP contribution >= 0.6 is 0 Å². The van der Waals surface area contributed by atoms with Crippen molar-refractivity contribution in [2.75, 3.05) is 7.11 Å². The van der Waals surface area contributed by atoms with E-state index < -0.39 is 0 Å². The first-order chi connectivity index (χ1) is 5.36. The first kappa shape index (κ1) is 7.66. The average Bonchev–Trinajstić information content (AvgIpc) is 2.06. The van der Waals surface area contributed by atoms with Gasteiger partial charge in [-0.05, 0) is 30.0 Å². The van der Waals surface area contributed by atoms with Crippen LogP contribution in [0.1, 0.15) is 5.56 Å². The molecule has 2 heteroatoms. The van der Waals surface area contributed by atoms with Gasteiger partial charge >= 0.3 is 0 Å². The smallest absolute Gasteiger partial charge is 0.119 e. The summed E-state index contributed by atoms with van der Waals surface area (Å²) in [5.41, 5.74) is 6.28. The highest BCUT2D eigenvalue weighted by molar-refractivity contribution is 5.51. The van der Waals surface area contributed by atoms with Crippen molar-refractivity contribution in [2.24, 2.45) is 5.73 Å². The van der Waals surface area contributed by atoms with Crippen LogP contribution in [-0.2, 0) is 0 Å². The van der Waals surface area contributed by atoms with Gasteiger partial charge in [-0.1, -0.05) is 12.1 Å². The molecule has 0 atom stereocenters. The summed E-state index contributed by atoms with van der Waals surface area (Å²) in [4.78, 5) is 0. The van der Waals surface area contributed by atoms with E-state index in [1.54, 1.807) is 7.11 Å². The number of nitrogens with two attached hydrogens (primary N) is 1. The Hall–Kier alpha value is -1.44. The second-order valence-corrected chi connectivity index (χ2v) is 2.14. The fourth-order valence-corrected chi connectivity index (χ4v) is 0.856. The van der Waals surface area contributed by atoms with E-state index in [1.165, 1.54) is 6.20 Å². The van der Waals surface area contributed by atoms with Crippen LogP contribution in [0, 0.1) is 0 Å². The zero-order valence-electron chi connectivity index (χ0n) is 6.45. The quantitative estimate of drug-likeness (QED) is 0.693. The van der Waals surface area contributed by atoms with E-state index in [2.05, 4.69) is 0 Å². The molecule has 0 saturated heterocycles. The first-order valence-corrected chi connectivity index (χ1v) is 3.39. The topological polar surface area (TPSA) is 35.2 Å². The Balaban J connectivity index is 2.91. The Morgan fingerprint density at radius 3 is 2.91 bits per heavy atom. The lowest BCUT2D eigenvalue weighted by Crippen LogP contribution is -1.83. The van der Waals surface area contributed by atoms with Gasteiger partial charge in [-0.25, -0.2) is 0 Å². The lowest BCUT2D eigenvalue weighted by atomic mass is 10.2. The summed E-state index contributed by atoms with van der Waals surface area (Å²) in [5, 5.41) is 0. The van der Waals surface area contributed by atoms with E-state index in [4.69, 9.17) is 10.5 Å². The Morgan fingerprint density at radius 2 is 2.27 bits per heavy atom. The summed E-state index contributed by atoms with van der Waals surface area (Å²) < 4.78 is 5.03. The molecule has 58 valence electrons. The minimum absolute atomic E-state index is 0.848. The normalized spacial score (nSPS) is 10.3. The maximum absolute atomic E-state index is 5.23. The third-order valence-electron chi connectivity index (χ3n) is 1.38. The minimum atomic E-state index is 0.848. The SMILES string of the molecule is COc1cccc(C=CN)c1. The molecule has 1 rings (SSSR count). The molecular weight excluding hydrogens is 138 g/mol. The fraction of sp³-hybridized carbons (Fsp3) is 0.111. The molecule has 0 amide bonds. The van der Waals surface area contributed by atoms with Gasteiger partial charge in [0.2, 0.25) is 0 Å². The highest BCUT2D eigenvalue weighted by Crippen LogP contribution is 2.12. The maximum atomic E-state index is 5.23.